The quantitative estimate of drug-likeness (QED) is 0.227. The van der Waals surface area contributed by atoms with Gasteiger partial charge in [-0.1, -0.05) is 15.9 Å². The van der Waals surface area contributed by atoms with E-state index in [-0.39, 0.29) is 0 Å². The number of H-pyrrole nitrogens is 1. The predicted molar refractivity (Wildman–Crippen MR) is 148 cm³/mol. The molecule has 0 amide bonds. The molecule has 36 heavy (non-hydrogen) atoms. The molecule has 2 heterocycles. The monoisotopic (exact) mass is 562 g/mol. The van der Waals surface area contributed by atoms with Gasteiger partial charge in [0.15, 0.2) is 0 Å². The first-order chi connectivity index (χ1) is 17.6. The second-order valence-electron chi connectivity index (χ2n) is 7.77. The van der Waals surface area contributed by atoms with Gasteiger partial charge in [0, 0.05) is 44.1 Å². The third-order valence-corrected chi connectivity index (χ3v) is 6.96. The van der Waals surface area contributed by atoms with Crippen LogP contribution in [0.15, 0.2) is 86.8 Å². The molecule has 7 nitrogen and oxygen atoms in total. The van der Waals surface area contributed by atoms with Gasteiger partial charge < -0.3 is 19.2 Å². The number of aromatic amines is 1. The highest BCUT2D eigenvalue weighted by Gasteiger charge is 2.14. The first-order valence-electron chi connectivity index (χ1n) is 11.0. The van der Waals surface area contributed by atoms with Gasteiger partial charge in [-0.25, -0.2) is 9.67 Å². The maximum absolute atomic E-state index is 5.68. The Hall–Kier alpha value is -3.82. The summed E-state index contributed by atoms with van der Waals surface area (Å²) in [5.41, 5.74) is 4.53. The van der Waals surface area contributed by atoms with Gasteiger partial charge >= 0.3 is 0 Å². The zero-order chi connectivity index (χ0) is 25.1. The molecule has 182 valence electrons. The van der Waals surface area contributed by atoms with Gasteiger partial charge in [0.2, 0.25) is 4.80 Å². The summed E-state index contributed by atoms with van der Waals surface area (Å²) in [6.45, 7) is 0. The number of rotatable bonds is 7. The van der Waals surface area contributed by atoms with E-state index in [0.717, 1.165) is 43.6 Å². The second-order valence-corrected chi connectivity index (χ2v) is 9.52. The zero-order valence-electron chi connectivity index (χ0n) is 19.9. The first kappa shape index (κ1) is 23.9. The van der Waals surface area contributed by atoms with E-state index >= 15 is 0 Å². The maximum Gasteiger partial charge on any atom is 0.211 e. The van der Waals surface area contributed by atoms with Crippen LogP contribution in [0.5, 0.6) is 17.2 Å². The molecule has 0 fully saturated rings. The van der Waals surface area contributed by atoms with Crippen molar-refractivity contribution in [3.63, 3.8) is 0 Å². The topological polar surface area (TPSA) is 73.1 Å². The summed E-state index contributed by atoms with van der Waals surface area (Å²) in [5.74, 6) is 2.18. The van der Waals surface area contributed by atoms with Crippen LogP contribution in [0.2, 0.25) is 0 Å². The summed E-state index contributed by atoms with van der Waals surface area (Å²) in [4.78, 5) is 8.87. The maximum atomic E-state index is 5.68. The molecule has 9 heteroatoms. The van der Waals surface area contributed by atoms with Crippen molar-refractivity contribution in [1.82, 2.24) is 9.66 Å². The molecule has 0 atom stereocenters. The lowest BCUT2D eigenvalue weighted by molar-refractivity contribution is 0.395. The van der Waals surface area contributed by atoms with Crippen LogP contribution < -0.4 is 19.0 Å². The van der Waals surface area contributed by atoms with Gasteiger partial charge in [-0.15, -0.1) is 11.3 Å². The Morgan fingerprint density at radius 1 is 0.917 bits per heavy atom. The number of methoxy groups -OCH3 is 3. The summed E-state index contributed by atoms with van der Waals surface area (Å²) in [6.07, 6.45) is 3.78. The van der Waals surface area contributed by atoms with E-state index in [1.54, 1.807) is 21.3 Å². The standard InChI is InChI=1S/C27H23BrN4O3S/c1-33-20-7-5-19(6-8-20)31-27-32(30-15-17-14-29-24-11-4-18(28)12-23(17)24)25(16-36-27)22-10-9-21(34-2)13-26(22)35-3/h4-16,29H,1-3H3. The molecule has 0 radical (unpaired) electrons. The summed E-state index contributed by atoms with van der Waals surface area (Å²) >= 11 is 5.06. The fourth-order valence-electron chi connectivity index (χ4n) is 3.79. The van der Waals surface area contributed by atoms with Gasteiger partial charge in [0.05, 0.1) is 38.9 Å². The molecule has 3 aromatic carbocycles. The lowest BCUT2D eigenvalue weighted by Crippen LogP contribution is -2.11. The van der Waals surface area contributed by atoms with E-state index in [2.05, 4.69) is 27.0 Å². The second kappa shape index (κ2) is 10.4. The van der Waals surface area contributed by atoms with E-state index in [0.29, 0.717) is 16.3 Å². The zero-order valence-corrected chi connectivity index (χ0v) is 22.3. The van der Waals surface area contributed by atoms with Crippen LogP contribution in [0, 0.1) is 0 Å². The predicted octanol–water partition coefficient (Wildman–Crippen LogP) is 6.60. The van der Waals surface area contributed by atoms with E-state index in [9.17, 15) is 0 Å². The van der Waals surface area contributed by atoms with Crippen molar-refractivity contribution in [3.05, 3.63) is 87.1 Å². The highest BCUT2D eigenvalue weighted by Crippen LogP contribution is 2.34. The van der Waals surface area contributed by atoms with Crippen molar-refractivity contribution in [3.8, 4) is 28.5 Å². The number of hydrogen-bond acceptors (Lipinski definition) is 6. The number of thiazole rings is 1. The number of fused-ring (bicyclic) bond motifs is 1. The Labute approximate surface area is 220 Å². The van der Waals surface area contributed by atoms with Crippen molar-refractivity contribution < 1.29 is 14.2 Å². The van der Waals surface area contributed by atoms with Crippen molar-refractivity contribution >= 4 is 50.1 Å². The summed E-state index contributed by atoms with van der Waals surface area (Å²) in [7, 11) is 4.92. The van der Waals surface area contributed by atoms with Gasteiger partial charge in [-0.2, -0.15) is 5.10 Å². The normalized spacial score (nSPS) is 11.9. The molecule has 0 saturated heterocycles. The van der Waals surface area contributed by atoms with Crippen LogP contribution in [-0.2, 0) is 0 Å². The summed E-state index contributed by atoms with van der Waals surface area (Å²) in [5, 5.41) is 7.97. The van der Waals surface area contributed by atoms with Crippen LogP contribution in [0.25, 0.3) is 22.2 Å². The van der Waals surface area contributed by atoms with Crippen molar-refractivity contribution in [2.75, 3.05) is 21.3 Å². The molecule has 0 saturated carbocycles. The number of benzene rings is 3. The fourth-order valence-corrected chi connectivity index (χ4v) is 5.00. The SMILES string of the molecule is COc1ccc(N=c2scc(-c3ccc(OC)cc3OC)n2N=Cc2c[nH]c3ccc(Br)cc23)cc1. The average Bonchev–Trinajstić information content (AvgIpc) is 3.50. The van der Waals surface area contributed by atoms with Gasteiger partial charge in [-0.3, -0.25) is 0 Å². The smallest absolute Gasteiger partial charge is 0.211 e. The Morgan fingerprint density at radius 2 is 1.69 bits per heavy atom. The lowest BCUT2D eigenvalue weighted by atomic mass is 10.1. The summed E-state index contributed by atoms with van der Waals surface area (Å²) in [6, 6.07) is 19.4. The molecular formula is C27H23BrN4O3S. The summed E-state index contributed by atoms with van der Waals surface area (Å²) < 4.78 is 19.2. The molecular weight excluding hydrogens is 540 g/mol. The van der Waals surface area contributed by atoms with E-state index in [1.807, 2.05) is 77.1 Å². The largest absolute Gasteiger partial charge is 0.497 e. The number of halogens is 1. The minimum atomic E-state index is 0.683. The van der Waals surface area contributed by atoms with Crippen molar-refractivity contribution in [1.29, 1.82) is 0 Å². The Morgan fingerprint density at radius 3 is 2.44 bits per heavy atom. The third-order valence-electron chi connectivity index (χ3n) is 5.66. The fraction of sp³-hybridized carbons (Fsp3) is 0.111. The Kier molecular flexibility index (Phi) is 6.92. The highest BCUT2D eigenvalue weighted by molar-refractivity contribution is 9.10. The molecule has 0 aliphatic carbocycles. The van der Waals surface area contributed by atoms with E-state index in [1.165, 1.54) is 11.3 Å². The minimum absolute atomic E-state index is 0.683. The molecule has 0 aliphatic rings. The number of nitrogens with one attached hydrogen (secondary N) is 1. The number of nitrogens with zero attached hydrogens (tertiary/aromatic N) is 3. The molecule has 0 spiro atoms. The van der Waals surface area contributed by atoms with Crippen LogP contribution in [0.3, 0.4) is 0 Å². The lowest BCUT2D eigenvalue weighted by Gasteiger charge is -2.11. The molecule has 5 aromatic rings. The highest BCUT2D eigenvalue weighted by atomic mass is 79.9. The molecule has 0 aliphatic heterocycles. The van der Waals surface area contributed by atoms with Crippen LogP contribution in [0.4, 0.5) is 5.69 Å². The average molecular weight is 563 g/mol. The number of aromatic nitrogens is 2. The van der Waals surface area contributed by atoms with Crippen molar-refractivity contribution in [2.45, 2.75) is 0 Å². The van der Waals surface area contributed by atoms with Crippen molar-refractivity contribution in [2.24, 2.45) is 10.1 Å². The van der Waals surface area contributed by atoms with Crippen LogP contribution >= 0.6 is 27.3 Å². The first-order valence-corrected chi connectivity index (χ1v) is 12.7. The third kappa shape index (κ3) is 4.80. The Bertz CT molecular complexity index is 1620. The van der Waals surface area contributed by atoms with Gasteiger partial charge in [0.25, 0.3) is 0 Å². The molecule has 1 N–H and O–H groups in total. The van der Waals surface area contributed by atoms with Gasteiger partial charge in [-0.05, 0) is 54.6 Å². The van der Waals surface area contributed by atoms with E-state index < -0.39 is 0 Å². The van der Waals surface area contributed by atoms with Crippen LogP contribution in [0.1, 0.15) is 5.56 Å². The molecule has 0 unspecified atom stereocenters. The molecule has 5 rings (SSSR count). The number of hydrogen-bond donors (Lipinski definition) is 1. The Balaban J connectivity index is 1.66. The molecule has 0 bridgehead atoms. The van der Waals surface area contributed by atoms with Gasteiger partial charge in [0.1, 0.15) is 17.2 Å². The molecule has 2 aromatic heterocycles. The van der Waals surface area contributed by atoms with E-state index in [4.69, 9.17) is 24.3 Å². The van der Waals surface area contributed by atoms with Crippen LogP contribution in [-0.4, -0.2) is 37.2 Å². The minimum Gasteiger partial charge on any atom is -0.497 e. The number of ether oxygens (including phenoxy) is 3.